The second-order valence-corrected chi connectivity index (χ2v) is 9.72. The van der Waals surface area contributed by atoms with E-state index in [0.717, 1.165) is 0 Å². The lowest BCUT2D eigenvalue weighted by Crippen LogP contribution is -1.94. The van der Waals surface area contributed by atoms with E-state index >= 15 is 0 Å². The van der Waals surface area contributed by atoms with Gasteiger partial charge in [0.05, 0.1) is 0 Å². The van der Waals surface area contributed by atoms with Crippen LogP contribution in [0.25, 0.3) is 45.0 Å². The van der Waals surface area contributed by atoms with Crippen molar-refractivity contribution in [3.8, 4) is 33.4 Å². The van der Waals surface area contributed by atoms with E-state index in [9.17, 15) is 0 Å². The largest absolute Gasteiger partial charge is 0.0622 e. The summed E-state index contributed by atoms with van der Waals surface area (Å²) in [4.78, 5) is 0. The summed E-state index contributed by atoms with van der Waals surface area (Å²) in [5.41, 5.74) is 12.7. The third-order valence-corrected chi connectivity index (χ3v) is 6.83. The van der Waals surface area contributed by atoms with Crippen LogP contribution in [0.3, 0.4) is 0 Å². The highest BCUT2D eigenvalue weighted by Crippen LogP contribution is 2.31. The van der Waals surface area contributed by atoms with Crippen LogP contribution >= 0.6 is 0 Å². The first-order chi connectivity index (χ1) is 17.6. The van der Waals surface area contributed by atoms with E-state index in [2.05, 4.69) is 154 Å². The lowest BCUT2D eigenvalue weighted by molar-refractivity contribution is 0.864. The zero-order chi connectivity index (χ0) is 24.9. The first-order valence-corrected chi connectivity index (χ1v) is 12.7. The Hall–Kier alpha value is -4.16. The number of benzene rings is 5. The van der Waals surface area contributed by atoms with Gasteiger partial charge in [0.2, 0.25) is 0 Å². The van der Waals surface area contributed by atoms with Gasteiger partial charge in [0.25, 0.3) is 0 Å². The van der Waals surface area contributed by atoms with Crippen molar-refractivity contribution < 1.29 is 0 Å². The predicted octanol–water partition coefficient (Wildman–Crippen LogP) is 10.4. The summed E-state index contributed by atoms with van der Waals surface area (Å²) in [6.45, 7) is 6.75. The van der Waals surface area contributed by atoms with Crippen molar-refractivity contribution in [3.63, 3.8) is 0 Å². The normalized spacial score (nSPS) is 11.6. The summed E-state index contributed by atoms with van der Waals surface area (Å²) >= 11 is 0. The fourth-order valence-corrected chi connectivity index (χ4v) is 4.78. The second kappa shape index (κ2) is 10.6. The summed E-state index contributed by atoms with van der Waals surface area (Å²) < 4.78 is 0. The van der Waals surface area contributed by atoms with Crippen molar-refractivity contribution in [1.29, 1.82) is 0 Å². The van der Waals surface area contributed by atoms with Crippen LogP contribution in [0.15, 0.2) is 127 Å². The zero-order valence-corrected chi connectivity index (χ0v) is 21.3. The topological polar surface area (TPSA) is 0 Å². The molecule has 5 aromatic rings. The molecule has 0 aliphatic heterocycles. The van der Waals surface area contributed by atoms with Crippen LogP contribution < -0.4 is 0 Å². The van der Waals surface area contributed by atoms with Crippen molar-refractivity contribution in [3.05, 3.63) is 144 Å². The van der Waals surface area contributed by atoms with Crippen LogP contribution in [-0.2, 0) is 0 Å². The molecule has 0 spiro atoms. The van der Waals surface area contributed by atoms with E-state index < -0.39 is 0 Å². The maximum atomic E-state index is 2.35. The van der Waals surface area contributed by atoms with Crippen LogP contribution in [0.1, 0.15) is 43.4 Å². The van der Waals surface area contributed by atoms with Gasteiger partial charge in [-0.2, -0.15) is 0 Å². The number of hydrogen-bond donors (Lipinski definition) is 0. The SMILES string of the molecule is C/C(=C\c1cc(-c2ccccc2)ccc1C(C)C)c1cccc(-c2ccc(-c3ccccc3)cc2)c1. The molecule has 0 heteroatoms. The standard InChI is InChI=1S/C36H32/c1-26(2)36-22-21-34(29-13-8-5-9-14-29)25-35(36)23-27(3)32-15-10-16-33(24-32)31-19-17-30(18-20-31)28-11-6-4-7-12-28/h4-26H,1-3H3/b27-23+. The van der Waals surface area contributed by atoms with Gasteiger partial charge in [-0.05, 0) is 80.6 Å². The molecule has 0 N–H and O–H groups in total. The maximum absolute atomic E-state index is 2.35. The van der Waals surface area contributed by atoms with Crippen LogP contribution in [0.5, 0.6) is 0 Å². The number of hydrogen-bond acceptors (Lipinski definition) is 0. The number of rotatable bonds is 6. The Morgan fingerprint density at radius 1 is 0.500 bits per heavy atom. The average molecular weight is 465 g/mol. The molecule has 176 valence electrons. The molecule has 0 saturated heterocycles. The molecule has 0 nitrogen and oxygen atoms in total. The van der Waals surface area contributed by atoms with Gasteiger partial charge in [0.15, 0.2) is 0 Å². The van der Waals surface area contributed by atoms with Gasteiger partial charge in [-0.15, -0.1) is 0 Å². The Morgan fingerprint density at radius 2 is 0.972 bits per heavy atom. The van der Waals surface area contributed by atoms with Gasteiger partial charge >= 0.3 is 0 Å². The van der Waals surface area contributed by atoms with E-state index in [0.29, 0.717) is 5.92 Å². The van der Waals surface area contributed by atoms with Crippen LogP contribution in [-0.4, -0.2) is 0 Å². The van der Waals surface area contributed by atoms with Gasteiger partial charge < -0.3 is 0 Å². The molecule has 0 atom stereocenters. The lowest BCUT2D eigenvalue weighted by atomic mass is 9.91. The fraction of sp³-hybridized carbons (Fsp3) is 0.111. The Morgan fingerprint density at radius 3 is 1.58 bits per heavy atom. The van der Waals surface area contributed by atoms with Crippen molar-refractivity contribution in [2.45, 2.75) is 26.7 Å². The van der Waals surface area contributed by atoms with Crippen molar-refractivity contribution in [2.24, 2.45) is 0 Å². The lowest BCUT2D eigenvalue weighted by Gasteiger charge is -2.14. The molecule has 0 aliphatic rings. The van der Waals surface area contributed by atoms with Crippen LogP contribution in [0.2, 0.25) is 0 Å². The molecule has 0 aliphatic carbocycles. The Labute approximate surface area is 215 Å². The quantitative estimate of drug-likeness (QED) is 0.219. The maximum Gasteiger partial charge on any atom is -0.0178 e. The second-order valence-electron chi connectivity index (χ2n) is 9.72. The first-order valence-electron chi connectivity index (χ1n) is 12.7. The van der Waals surface area contributed by atoms with E-state index in [1.807, 2.05) is 0 Å². The molecule has 5 aromatic carbocycles. The summed E-state index contributed by atoms with van der Waals surface area (Å²) in [5.74, 6) is 0.461. The Kier molecular flexibility index (Phi) is 6.96. The summed E-state index contributed by atoms with van der Waals surface area (Å²) in [5, 5.41) is 0. The highest BCUT2D eigenvalue weighted by atomic mass is 14.1. The van der Waals surface area contributed by atoms with E-state index in [4.69, 9.17) is 0 Å². The third kappa shape index (κ3) is 5.24. The molecule has 0 aromatic heterocycles. The monoisotopic (exact) mass is 464 g/mol. The minimum Gasteiger partial charge on any atom is -0.0622 e. The molecule has 0 bridgehead atoms. The number of allylic oxidation sites excluding steroid dienone is 1. The van der Waals surface area contributed by atoms with Gasteiger partial charge in [0, 0.05) is 0 Å². The average Bonchev–Trinajstić information content (AvgIpc) is 2.94. The summed E-state index contributed by atoms with van der Waals surface area (Å²) in [6.07, 6.45) is 2.35. The zero-order valence-electron chi connectivity index (χ0n) is 21.3. The molecule has 36 heavy (non-hydrogen) atoms. The van der Waals surface area contributed by atoms with Crippen molar-refractivity contribution >= 4 is 11.6 Å². The molecule has 0 amide bonds. The Balaban J connectivity index is 1.47. The highest BCUT2D eigenvalue weighted by Gasteiger charge is 2.09. The van der Waals surface area contributed by atoms with Gasteiger partial charge in [-0.25, -0.2) is 0 Å². The Bertz CT molecular complexity index is 1470. The minimum absolute atomic E-state index is 0.461. The molecule has 5 rings (SSSR count). The van der Waals surface area contributed by atoms with Crippen molar-refractivity contribution in [1.82, 2.24) is 0 Å². The van der Waals surface area contributed by atoms with E-state index in [-0.39, 0.29) is 0 Å². The summed E-state index contributed by atoms with van der Waals surface area (Å²) in [6, 6.07) is 45.8. The first kappa shape index (κ1) is 23.6. The van der Waals surface area contributed by atoms with Crippen LogP contribution in [0, 0.1) is 0 Å². The van der Waals surface area contributed by atoms with Crippen molar-refractivity contribution in [2.75, 3.05) is 0 Å². The molecular formula is C36H32. The molecule has 0 heterocycles. The predicted molar refractivity (Wildman–Crippen MR) is 157 cm³/mol. The minimum atomic E-state index is 0.461. The van der Waals surface area contributed by atoms with Crippen LogP contribution in [0.4, 0.5) is 0 Å². The highest BCUT2D eigenvalue weighted by molar-refractivity contribution is 5.84. The van der Waals surface area contributed by atoms with Gasteiger partial charge in [-0.1, -0.05) is 135 Å². The van der Waals surface area contributed by atoms with Gasteiger partial charge in [-0.3, -0.25) is 0 Å². The van der Waals surface area contributed by atoms with E-state index in [1.54, 1.807) is 0 Å². The molecule has 0 unspecified atom stereocenters. The van der Waals surface area contributed by atoms with Gasteiger partial charge in [0.1, 0.15) is 0 Å². The molecule has 0 fully saturated rings. The van der Waals surface area contributed by atoms with E-state index in [1.165, 1.54) is 55.6 Å². The summed E-state index contributed by atoms with van der Waals surface area (Å²) in [7, 11) is 0. The fourth-order valence-electron chi connectivity index (χ4n) is 4.78. The molecule has 0 saturated carbocycles. The molecule has 0 radical (unpaired) electrons. The molecular weight excluding hydrogens is 432 g/mol. The third-order valence-electron chi connectivity index (χ3n) is 6.83. The smallest absolute Gasteiger partial charge is 0.0178 e.